The highest BCUT2D eigenvalue weighted by atomic mass is 19.4. The van der Waals surface area contributed by atoms with Gasteiger partial charge in [0.2, 0.25) is 0 Å². The van der Waals surface area contributed by atoms with Crippen LogP contribution in [0.4, 0.5) is 13.2 Å². The van der Waals surface area contributed by atoms with Crippen molar-refractivity contribution in [2.75, 3.05) is 0 Å². The second kappa shape index (κ2) is 8.68. The minimum absolute atomic E-state index is 0.228. The van der Waals surface area contributed by atoms with E-state index in [0.717, 1.165) is 19.3 Å². The molecule has 0 bridgehead atoms. The highest BCUT2D eigenvalue weighted by Gasteiger charge is 2.36. The molecule has 0 saturated carbocycles. The SMILES string of the molecule is CCCCCCCCC#Cc1nc2ccccc2nc1C(F)(F)F. The van der Waals surface area contributed by atoms with Crippen molar-refractivity contribution in [2.45, 2.75) is 58.0 Å². The Bertz CT molecular complexity index is 727. The van der Waals surface area contributed by atoms with Crippen molar-refractivity contribution in [3.63, 3.8) is 0 Å². The molecule has 1 aromatic heterocycles. The Morgan fingerprint density at radius 3 is 2.21 bits per heavy atom. The van der Waals surface area contributed by atoms with E-state index in [1.807, 2.05) is 0 Å². The molecule has 0 saturated heterocycles. The van der Waals surface area contributed by atoms with Gasteiger partial charge in [-0.15, -0.1) is 0 Å². The van der Waals surface area contributed by atoms with E-state index in [-0.39, 0.29) is 11.2 Å². The van der Waals surface area contributed by atoms with Crippen LogP contribution in [0.2, 0.25) is 0 Å². The number of hydrogen-bond acceptors (Lipinski definition) is 2. The van der Waals surface area contributed by atoms with Crippen LogP contribution in [0.1, 0.15) is 63.3 Å². The fourth-order valence-electron chi connectivity index (χ4n) is 2.42. The van der Waals surface area contributed by atoms with Gasteiger partial charge in [-0.1, -0.05) is 57.1 Å². The van der Waals surface area contributed by atoms with E-state index in [4.69, 9.17) is 0 Å². The van der Waals surface area contributed by atoms with E-state index in [2.05, 4.69) is 28.7 Å². The summed E-state index contributed by atoms with van der Waals surface area (Å²) >= 11 is 0. The van der Waals surface area contributed by atoms with Crippen molar-refractivity contribution in [2.24, 2.45) is 0 Å². The van der Waals surface area contributed by atoms with Crippen molar-refractivity contribution >= 4 is 11.0 Å². The molecule has 2 aromatic rings. The molecular weight excluding hydrogens is 313 g/mol. The topological polar surface area (TPSA) is 25.8 Å². The van der Waals surface area contributed by atoms with Crippen LogP contribution in [0.3, 0.4) is 0 Å². The van der Waals surface area contributed by atoms with Crippen LogP contribution in [0.5, 0.6) is 0 Å². The number of benzene rings is 1. The van der Waals surface area contributed by atoms with Crippen LogP contribution < -0.4 is 0 Å². The number of hydrogen-bond donors (Lipinski definition) is 0. The smallest absolute Gasteiger partial charge is 0.239 e. The van der Waals surface area contributed by atoms with E-state index >= 15 is 0 Å². The summed E-state index contributed by atoms with van der Waals surface area (Å²) < 4.78 is 39.5. The largest absolute Gasteiger partial charge is 0.436 e. The van der Waals surface area contributed by atoms with Gasteiger partial charge in [0.25, 0.3) is 0 Å². The Hall–Kier alpha value is -2.09. The van der Waals surface area contributed by atoms with Gasteiger partial charge in [0.15, 0.2) is 5.69 Å². The first-order chi connectivity index (χ1) is 11.5. The van der Waals surface area contributed by atoms with Crippen molar-refractivity contribution < 1.29 is 13.2 Å². The summed E-state index contributed by atoms with van der Waals surface area (Å²) in [5.41, 5.74) is -0.635. The van der Waals surface area contributed by atoms with Crippen molar-refractivity contribution in [3.05, 3.63) is 35.7 Å². The minimum Gasteiger partial charge on any atom is -0.239 e. The lowest BCUT2D eigenvalue weighted by Crippen LogP contribution is -2.12. The second-order valence-electron chi connectivity index (χ2n) is 5.73. The zero-order chi connectivity index (χ0) is 17.4. The molecule has 0 atom stereocenters. The average Bonchev–Trinajstić information content (AvgIpc) is 2.55. The summed E-state index contributed by atoms with van der Waals surface area (Å²) in [5, 5.41) is 0. The molecule has 128 valence electrons. The molecular formula is C19H21F3N2. The highest BCUT2D eigenvalue weighted by molar-refractivity contribution is 5.74. The minimum atomic E-state index is -4.55. The Kier molecular flexibility index (Phi) is 6.60. The molecule has 0 aliphatic carbocycles. The molecule has 2 rings (SSSR count). The molecule has 0 unspecified atom stereocenters. The Balaban J connectivity index is 2.09. The number of fused-ring (bicyclic) bond motifs is 1. The number of aromatic nitrogens is 2. The third kappa shape index (κ3) is 5.23. The number of para-hydroxylation sites is 2. The molecule has 0 radical (unpaired) electrons. The lowest BCUT2D eigenvalue weighted by Gasteiger charge is -2.08. The number of unbranched alkanes of at least 4 members (excludes halogenated alkanes) is 6. The van der Waals surface area contributed by atoms with E-state index < -0.39 is 11.9 Å². The summed E-state index contributed by atoms with van der Waals surface area (Å²) in [6, 6.07) is 6.52. The number of nitrogens with zero attached hydrogens (tertiary/aromatic N) is 2. The Morgan fingerprint density at radius 2 is 1.54 bits per heavy atom. The van der Waals surface area contributed by atoms with Gasteiger partial charge in [0.05, 0.1) is 11.0 Å². The summed E-state index contributed by atoms with van der Waals surface area (Å²) in [4.78, 5) is 7.75. The first kappa shape index (κ1) is 18.3. The van der Waals surface area contributed by atoms with Crippen molar-refractivity contribution in [1.82, 2.24) is 9.97 Å². The first-order valence-electron chi connectivity index (χ1n) is 8.35. The third-order valence-corrected chi connectivity index (χ3v) is 3.70. The Labute approximate surface area is 140 Å². The van der Waals surface area contributed by atoms with Gasteiger partial charge in [-0.2, -0.15) is 13.2 Å². The zero-order valence-corrected chi connectivity index (χ0v) is 13.8. The van der Waals surface area contributed by atoms with Gasteiger partial charge in [0, 0.05) is 6.42 Å². The molecule has 0 fully saturated rings. The predicted molar refractivity (Wildman–Crippen MR) is 89.4 cm³/mol. The lowest BCUT2D eigenvalue weighted by molar-refractivity contribution is -0.141. The van der Waals surface area contributed by atoms with Gasteiger partial charge in [0.1, 0.15) is 5.69 Å². The van der Waals surface area contributed by atoms with Crippen LogP contribution in [0.15, 0.2) is 24.3 Å². The summed E-state index contributed by atoms with van der Waals surface area (Å²) in [6.07, 6.45) is 2.77. The lowest BCUT2D eigenvalue weighted by atomic mass is 10.1. The normalized spacial score (nSPS) is 11.3. The van der Waals surface area contributed by atoms with E-state index in [0.29, 0.717) is 11.9 Å². The summed E-state index contributed by atoms with van der Waals surface area (Å²) in [6.45, 7) is 2.16. The maximum atomic E-state index is 13.2. The van der Waals surface area contributed by atoms with E-state index in [9.17, 15) is 13.2 Å². The average molecular weight is 334 g/mol. The second-order valence-corrected chi connectivity index (χ2v) is 5.73. The van der Waals surface area contributed by atoms with Gasteiger partial charge < -0.3 is 0 Å². The molecule has 2 nitrogen and oxygen atoms in total. The molecule has 0 amide bonds. The number of halogens is 3. The van der Waals surface area contributed by atoms with Crippen LogP contribution in [-0.2, 0) is 6.18 Å². The van der Waals surface area contributed by atoms with E-state index in [1.54, 1.807) is 18.2 Å². The predicted octanol–water partition coefficient (Wildman–Crippen LogP) is 5.75. The monoisotopic (exact) mass is 334 g/mol. The van der Waals surface area contributed by atoms with Gasteiger partial charge in [-0.3, -0.25) is 0 Å². The Morgan fingerprint density at radius 1 is 0.917 bits per heavy atom. The molecule has 24 heavy (non-hydrogen) atoms. The first-order valence-corrected chi connectivity index (χ1v) is 8.35. The highest BCUT2D eigenvalue weighted by Crippen LogP contribution is 2.30. The summed E-state index contributed by atoms with van der Waals surface area (Å²) in [5.74, 6) is 5.39. The van der Waals surface area contributed by atoms with Gasteiger partial charge in [-0.05, 0) is 24.5 Å². The van der Waals surface area contributed by atoms with Gasteiger partial charge in [-0.25, -0.2) is 9.97 Å². The summed E-state index contributed by atoms with van der Waals surface area (Å²) in [7, 11) is 0. The van der Waals surface area contributed by atoms with Crippen LogP contribution in [0.25, 0.3) is 11.0 Å². The van der Waals surface area contributed by atoms with Crippen LogP contribution in [-0.4, -0.2) is 9.97 Å². The van der Waals surface area contributed by atoms with Crippen LogP contribution in [0, 0.1) is 11.8 Å². The maximum absolute atomic E-state index is 13.2. The molecule has 1 heterocycles. The molecule has 0 spiro atoms. The number of rotatable bonds is 6. The van der Waals surface area contributed by atoms with Crippen LogP contribution >= 0.6 is 0 Å². The number of alkyl halides is 3. The van der Waals surface area contributed by atoms with E-state index in [1.165, 1.54) is 25.3 Å². The standard InChI is InChI=1S/C19H21F3N2/c1-2-3-4-5-6-7-8-9-14-17-18(19(20,21)22)24-16-13-11-10-12-15(16)23-17/h10-13H,2-8H2,1H3. The zero-order valence-electron chi connectivity index (χ0n) is 13.8. The van der Waals surface area contributed by atoms with Gasteiger partial charge >= 0.3 is 6.18 Å². The fraction of sp³-hybridized carbons (Fsp3) is 0.474. The third-order valence-electron chi connectivity index (χ3n) is 3.70. The molecule has 0 aliphatic rings. The van der Waals surface area contributed by atoms with Crippen molar-refractivity contribution in [1.29, 1.82) is 0 Å². The quantitative estimate of drug-likeness (QED) is 0.496. The van der Waals surface area contributed by atoms with Crippen molar-refractivity contribution in [3.8, 4) is 11.8 Å². The molecule has 0 N–H and O–H groups in total. The maximum Gasteiger partial charge on any atom is 0.436 e. The molecule has 5 heteroatoms. The molecule has 0 aliphatic heterocycles. The fourth-order valence-corrected chi connectivity index (χ4v) is 2.42. The molecule has 1 aromatic carbocycles.